The largest absolute Gasteiger partial charge is 0.0883 e. The molecule has 0 spiro atoms. The van der Waals surface area contributed by atoms with Crippen LogP contribution in [0.15, 0.2) is 12.2 Å². The second-order valence-corrected chi connectivity index (χ2v) is 3.67. The lowest BCUT2D eigenvalue weighted by molar-refractivity contribution is 0.436. The van der Waals surface area contributed by atoms with Gasteiger partial charge in [-0.1, -0.05) is 32.4 Å². The van der Waals surface area contributed by atoms with Gasteiger partial charge in [0.2, 0.25) is 0 Å². The molecule has 0 saturated carbocycles. The van der Waals surface area contributed by atoms with Gasteiger partial charge in [-0.05, 0) is 31.1 Å². The monoisotopic (exact) mass is 138 g/mol. The van der Waals surface area contributed by atoms with Crippen LogP contribution in [0.1, 0.15) is 39.5 Å². The van der Waals surface area contributed by atoms with Gasteiger partial charge in [-0.2, -0.15) is 0 Å². The molecule has 1 aliphatic rings. The summed E-state index contributed by atoms with van der Waals surface area (Å²) in [5.74, 6) is 1.77. The highest BCUT2D eigenvalue weighted by Gasteiger charge is 2.06. The van der Waals surface area contributed by atoms with Crippen LogP contribution < -0.4 is 0 Å². The lowest BCUT2D eigenvalue weighted by atomic mass is 9.91. The molecule has 0 saturated heterocycles. The van der Waals surface area contributed by atoms with Crippen LogP contribution in [-0.2, 0) is 0 Å². The van der Waals surface area contributed by atoms with Crippen LogP contribution in [0.4, 0.5) is 0 Å². The molecule has 0 aromatic rings. The van der Waals surface area contributed by atoms with E-state index in [2.05, 4.69) is 26.0 Å². The summed E-state index contributed by atoms with van der Waals surface area (Å²) < 4.78 is 0. The predicted molar refractivity (Wildman–Crippen MR) is 45.9 cm³/mol. The van der Waals surface area contributed by atoms with Crippen molar-refractivity contribution < 1.29 is 0 Å². The van der Waals surface area contributed by atoms with E-state index in [0.29, 0.717) is 0 Å². The van der Waals surface area contributed by atoms with Gasteiger partial charge in [0.05, 0.1) is 0 Å². The van der Waals surface area contributed by atoms with Crippen molar-refractivity contribution in [1.29, 1.82) is 0 Å². The number of allylic oxidation sites excluding steroid dienone is 2. The molecule has 0 nitrogen and oxygen atoms in total. The highest BCUT2D eigenvalue weighted by atomic mass is 14.1. The SMILES string of the molecule is CC1/C=C\CCC(C)CC1. The molecule has 0 heterocycles. The highest BCUT2D eigenvalue weighted by molar-refractivity contribution is 4.88. The van der Waals surface area contributed by atoms with Crippen LogP contribution in [0.5, 0.6) is 0 Å². The van der Waals surface area contributed by atoms with Crippen molar-refractivity contribution in [2.45, 2.75) is 39.5 Å². The molecule has 1 aliphatic carbocycles. The quantitative estimate of drug-likeness (QED) is 0.450. The van der Waals surface area contributed by atoms with E-state index in [1.807, 2.05) is 0 Å². The van der Waals surface area contributed by atoms with Crippen molar-refractivity contribution in [3.05, 3.63) is 12.2 Å². The average molecular weight is 138 g/mol. The third-order valence-electron chi connectivity index (χ3n) is 2.41. The van der Waals surface area contributed by atoms with Gasteiger partial charge >= 0.3 is 0 Å². The molecule has 0 heteroatoms. The smallest absolute Gasteiger partial charge is 0.0262 e. The minimum atomic E-state index is 0.822. The van der Waals surface area contributed by atoms with Gasteiger partial charge in [-0.25, -0.2) is 0 Å². The summed E-state index contributed by atoms with van der Waals surface area (Å²) in [5, 5.41) is 0. The van der Waals surface area contributed by atoms with Gasteiger partial charge in [0.25, 0.3) is 0 Å². The Morgan fingerprint density at radius 2 is 1.90 bits per heavy atom. The summed E-state index contributed by atoms with van der Waals surface area (Å²) in [6.07, 6.45) is 10.2. The lowest BCUT2D eigenvalue weighted by Gasteiger charge is -2.15. The van der Waals surface area contributed by atoms with E-state index >= 15 is 0 Å². The average Bonchev–Trinajstić information content (AvgIpc) is 1.90. The summed E-state index contributed by atoms with van der Waals surface area (Å²) in [7, 11) is 0. The third kappa shape index (κ3) is 2.55. The molecule has 0 amide bonds. The fraction of sp³-hybridized carbons (Fsp3) is 0.800. The van der Waals surface area contributed by atoms with Crippen molar-refractivity contribution in [3.63, 3.8) is 0 Å². The van der Waals surface area contributed by atoms with Crippen LogP contribution in [0, 0.1) is 11.8 Å². The van der Waals surface area contributed by atoms with Gasteiger partial charge in [0, 0.05) is 0 Å². The van der Waals surface area contributed by atoms with E-state index in [1.165, 1.54) is 25.7 Å². The van der Waals surface area contributed by atoms with Gasteiger partial charge < -0.3 is 0 Å². The molecule has 2 unspecified atom stereocenters. The van der Waals surface area contributed by atoms with E-state index in [9.17, 15) is 0 Å². The van der Waals surface area contributed by atoms with Crippen molar-refractivity contribution in [2.75, 3.05) is 0 Å². The Hall–Kier alpha value is -0.260. The maximum Gasteiger partial charge on any atom is -0.0262 e. The van der Waals surface area contributed by atoms with Crippen LogP contribution in [0.3, 0.4) is 0 Å². The molecule has 58 valence electrons. The molecule has 0 aromatic heterocycles. The minimum Gasteiger partial charge on any atom is -0.0883 e. The van der Waals surface area contributed by atoms with Gasteiger partial charge in [-0.15, -0.1) is 0 Å². The number of hydrogen-bond acceptors (Lipinski definition) is 0. The molecule has 2 atom stereocenters. The van der Waals surface area contributed by atoms with Crippen molar-refractivity contribution in [2.24, 2.45) is 11.8 Å². The predicted octanol–water partition coefficient (Wildman–Crippen LogP) is 3.39. The highest BCUT2D eigenvalue weighted by Crippen LogP contribution is 2.20. The zero-order chi connectivity index (χ0) is 7.40. The van der Waals surface area contributed by atoms with Crippen LogP contribution in [-0.4, -0.2) is 0 Å². The van der Waals surface area contributed by atoms with Crippen molar-refractivity contribution >= 4 is 0 Å². The Morgan fingerprint density at radius 1 is 1.10 bits per heavy atom. The minimum absolute atomic E-state index is 0.822. The Balaban J connectivity index is 2.38. The van der Waals surface area contributed by atoms with E-state index in [4.69, 9.17) is 0 Å². The first-order chi connectivity index (χ1) is 4.79. The standard InChI is InChI=1S/C10H18/c1-9-5-3-4-6-10(2)8-7-9/h3,5,9-10H,4,6-8H2,1-2H3/b5-3-. The summed E-state index contributed by atoms with van der Waals surface area (Å²) in [6, 6.07) is 0. The first-order valence-electron chi connectivity index (χ1n) is 4.45. The molecule has 0 N–H and O–H groups in total. The van der Waals surface area contributed by atoms with Gasteiger partial charge in [-0.3, -0.25) is 0 Å². The van der Waals surface area contributed by atoms with Gasteiger partial charge in [0.15, 0.2) is 0 Å². The Bertz CT molecular complexity index is 113. The van der Waals surface area contributed by atoms with Crippen molar-refractivity contribution in [3.8, 4) is 0 Å². The fourth-order valence-electron chi connectivity index (χ4n) is 1.50. The topological polar surface area (TPSA) is 0 Å². The molecular weight excluding hydrogens is 120 g/mol. The summed E-state index contributed by atoms with van der Waals surface area (Å²) in [5.41, 5.74) is 0. The summed E-state index contributed by atoms with van der Waals surface area (Å²) in [4.78, 5) is 0. The van der Waals surface area contributed by atoms with E-state index in [1.54, 1.807) is 0 Å². The zero-order valence-corrected chi connectivity index (χ0v) is 7.14. The summed E-state index contributed by atoms with van der Waals surface area (Å²) in [6.45, 7) is 4.68. The number of rotatable bonds is 0. The van der Waals surface area contributed by atoms with Crippen LogP contribution in [0.2, 0.25) is 0 Å². The first-order valence-corrected chi connectivity index (χ1v) is 4.45. The normalized spacial score (nSPS) is 38.2. The Morgan fingerprint density at radius 3 is 2.70 bits per heavy atom. The van der Waals surface area contributed by atoms with E-state index in [0.717, 1.165) is 11.8 Å². The second-order valence-electron chi connectivity index (χ2n) is 3.67. The molecular formula is C10H18. The third-order valence-corrected chi connectivity index (χ3v) is 2.41. The molecule has 0 aromatic carbocycles. The second kappa shape index (κ2) is 3.80. The van der Waals surface area contributed by atoms with Gasteiger partial charge in [0.1, 0.15) is 0 Å². The first kappa shape index (κ1) is 7.84. The molecule has 0 fully saturated rings. The van der Waals surface area contributed by atoms with Crippen LogP contribution in [0.25, 0.3) is 0 Å². The lowest BCUT2D eigenvalue weighted by Crippen LogP contribution is -2.00. The fourth-order valence-corrected chi connectivity index (χ4v) is 1.50. The summed E-state index contributed by atoms with van der Waals surface area (Å²) >= 11 is 0. The van der Waals surface area contributed by atoms with E-state index in [-0.39, 0.29) is 0 Å². The Kier molecular flexibility index (Phi) is 2.98. The van der Waals surface area contributed by atoms with E-state index < -0.39 is 0 Å². The van der Waals surface area contributed by atoms with Crippen LogP contribution >= 0.6 is 0 Å². The number of hydrogen-bond donors (Lipinski definition) is 0. The molecule has 10 heavy (non-hydrogen) atoms. The van der Waals surface area contributed by atoms with Crippen molar-refractivity contribution in [1.82, 2.24) is 0 Å². The molecule has 1 rings (SSSR count). The zero-order valence-electron chi connectivity index (χ0n) is 7.14. The molecule has 0 radical (unpaired) electrons. The molecule has 0 aliphatic heterocycles. The maximum absolute atomic E-state index is 2.37. The maximum atomic E-state index is 2.37. The Labute approximate surface area is 64.3 Å². The molecule has 0 bridgehead atoms.